The number of nitrogens with zero attached hydrogens (tertiary/aromatic N) is 2. The van der Waals surface area contributed by atoms with E-state index in [-0.39, 0.29) is 0 Å². The Hall–Kier alpha value is -3.18. The normalized spacial score (nSPS) is 10.9. The van der Waals surface area contributed by atoms with Gasteiger partial charge in [0.05, 0.1) is 5.56 Å². The average Bonchev–Trinajstić information content (AvgIpc) is 2.74. The van der Waals surface area contributed by atoms with Gasteiger partial charge in [-0.05, 0) is 54.8 Å². The van der Waals surface area contributed by atoms with Gasteiger partial charge in [-0.25, -0.2) is 4.98 Å². The van der Waals surface area contributed by atoms with Crippen molar-refractivity contribution in [1.82, 2.24) is 9.88 Å². The first-order valence-corrected chi connectivity index (χ1v) is 9.83. The fraction of sp³-hybridized carbons (Fsp3) is 0.250. The van der Waals surface area contributed by atoms with Crippen LogP contribution in [0.25, 0.3) is 0 Å². The molecule has 0 aliphatic heterocycles. The van der Waals surface area contributed by atoms with E-state index in [1.165, 1.54) is 22.9 Å². The lowest BCUT2D eigenvalue weighted by molar-refractivity contribution is 0.1000. The molecule has 0 bridgehead atoms. The highest BCUT2D eigenvalue weighted by molar-refractivity contribution is 5.92. The molecule has 0 saturated heterocycles. The number of aryl methyl sites for hydroxylation is 1. The van der Waals surface area contributed by atoms with Crippen LogP contribution in [0.3, 0.4) is 0 Å². The van der Waals surface area contributed by atoms with Crippen LogP contribution in [0.2, 0.25) is 0 Å². The highest BCUT2D eigenvalue weighted by Gasteiger charge is 2.06. The summed E-state index contributed by atoms with van der Waals surface area (Å²) in [5, 5.41) is 0. The van der Waals surface area contributed by atoms with Gasteiger partial charge < -0.3 is 15.4 Å². The lowest BCUT2D eigenvalue weighted by Gasteiger charge is -2.18. The number of amides is 1. The highest BCUT2D eigenvalue weighted by atomic mass is 16.5. The van der Waals surface area contributed by atoms with Gasteiger partial charge in [0.25, 0.3) is 0 Å². The molecule has 0 fully saturated rings. The zero-order chi connectivity index (χ0) is 20.6. The molecular weight excluding hydrogens is 362 g/mol. The highest BCUT2D eigenvalue weighted by Crippen LogP contribution is 2.20. The van der Waals surface area contributed by atoms with E-state index >= 15 is 0 Å². The molecule has 5 heteroatoms. The van der Waals surface area contributed by atoms with Crippen molar-refractivity contribution in [2.45, 2.75) is 26.3 Å². The molecule has 29 heavy (non-hydrogen) atoms. The summed E-state index contributed by atoms with van der Waals surface area (Å²) in [5.41, 5.74) is 9.65. The lowest BCUT2D eigenvalue weighted by Crippen LogP contribution is -2.21. The van der Waals surface area contributed by atoms with E-state index in [1.54, 1.807) is 12.1 Å². The molecular formula is C24H27N3O2. The molecule has 0 unspecified atom stereocenters. The molecule has 2 aromatic carbocycles. The summed E-state index contributed by atoms with van der Waals surface area (Å²) in [6.45, 7) is 4.14. The number of likely N-dealkylation sites (N-methyl/N-ethyl adjacent to an activating group) is 1. The molecule has 2 N–H and O–H groups in total. The molecule has 0 aliphatic carbocycles. The van der Waals surface area contributed by atoms with Crippen molar-refractivity contribution in [2.75, 3.05) is 13.6 Å². The van der Waals surface area contributed by atoms with Crippen LogP contribution in [0, 0.1) is 0 Å². The summed E-state index contributed by atoms with van der Waals surface area (Å²) in [7, 11) is 2.16. The van der Waals surface area contributed by atoms with Gasteiger partial charge in [-0.15, -0.1) is 0 Å². The maximum atomic E-state index is 11.1. The topological polar surface area (TPSA) is 68.5 Å². The number of hydrogen-bond acceptors (Lipinski definition) is 4. The first-order chi connectivity index (χ1) is 14.0. The van der Waals surface area contributed by atoms with E-state index < -0.39 is 5.91 Å². The van der Waals surface area contributed by atoms with Gasteiger partial charge in [0.15, 0.2) is 0 Å². The largest absolute Gasteiger partial charge is 0.439 e. The Labute approximate surface area is 172 Å². The third kappa shape index (κ3) is 5.90. The van der Waals surface area contributed by atoms with Crippen molar-refractivity contribution in [2.24, 2.45) is 5.73 Å². The van der Waals surface area contributed by atoms with Gasteiger partial charge in [0, 0.05) is 25.4 Å². The van der Waals surface area contributed by atoms with Crippen LogP contribution < -0.4 is 10.5 Å². The standard InChI is InChI=1S/C24H27N3O2/c1-3-19-6-4-5-7-21(19)17-27(2)15-14-18-8-11-22(12-9-18)29-23-13-10-20(16-26-23)24(25)28/h4-13,16H,3,14-15,17H2,1-2H3,(H2,25,28). The molecule has 3 aromatic rings. The minimum absolute atomic E-state index is 0.360. The maximum Gasteiger partial charge on any atom is 0.250 e. The first kappa shape index (κ1) is 20.6. The molecule has 0 saturated carbocycles. The Morgan fingerprint density at radius 3 is 2.38 bits per heavy atom. The van der Waals surface area contributed by atoms with Gasteiger partial charge in [0.2, 0.25) is 11.8 Å². The number of ether oxygens (including phenoxy) is 1. The molecule has 0 radical (unpaired) electrons. The summed E-state index contributed by atoms with van der Waals surface area (Å²) in [4.78, 5) is 17.5. The van der Waals surface area contributed by atoms with E-state index in [2.05, 4.69) is 60.3 Å². The van der Waals surface area contributed by atoms with Crippen LogP contribution in [-0.4, -0.2) is 29.4 Å². The van der Waals surface area contributed by atoms with Gasteiger partial charge >= 0.3 is 0 Å². The third-order valence-electron chi connectivity index (χ3n) is 4.89. The Kier molecular flexibility index (Phi) is 6.98. The van der Waals surface area contributed by atoms with Gasteiger partial charge in [-0.2, -0.15) is 0 Å². The van der Waals surface area contributed by atoms with Crippen LogP contribution in [0.1, 0.15) is 34.0 Å². The predicted molar refractivity (Wildman–Crippen MR) is 115 cm³/mol. The SMILES string of the molecule is CCc1ccccc1CN(C)CCc1ccc(Oc2ccc(C(N)=O)cn2)cc1. The van der Waals surface area contributed by atoms with Gasteiger partial charge in [0.1, 0.15) is 5.75 Å². The quantitative estimate of drug-likeness (QED) is 0.595. The summed E-state index contributed by atoms with van der Waals surface area (Å²) in [6.07, 6.45) is 3.45. The Morgan fingerprint density at radius 2 is 1.76 bits per heavy atom. The van der Waals surface area contributed by atoms with Crippen molar-refractivity contribution in [1.29, 1.82) is 0 Å². The number of benzene rings is 2. The predicted octanol–water partition coefficient (Wildman–Crippen LogP) is 4.21. The number of carbonyl (C=O) groups is 1. The molecule has 0 spiro atoms. The van der Waals surface area contributed by atoms with E-state index in [9.17, 15) is 4.79 Å². The third-order valence-corrected chi connectivity index (χ3v) is 4.89. The molecule has 0 atom stereocenters. The van der Waals surface area contributed by atoms with E-state index in [0.29, 0.717) is 17.2 Å². The fourth-order valence-corrected chi connectivity index (χ4v) is 3.18. The minimum Gasteiger partial charge on any atom is -0.439 e. The molecule has 1 amide bonds. The summed E-state index contributed by atoms with van der Waals surface area (Å²) in [5.74, 6) is 0.631. The van der Waals surface area contributed by atoms with E-state index in [4.69, 9.17) is 10.5 Å². The molecule has 150 valence electrons. The molecule has 1 heterocycles. The van der Waals surface area contributed by atoms with Crippen LogP contribution in [0.5, 0.6) is 11.6 Å². The second-order valence-electron chi connectivity index (χ2n) is 7.11. The van der Waals surface area contributed by atoms with Crippen LogP contribution in [0.15, 0.2) is 66.9 Å². The van der Waals surface area contributed by atoms with Crippen molar-refractivity contribution in [3.05, 3.63) is 89.1 Å². The number of aromatic nitrogens is 1. The molecule has 5 nitrogen and oxygen atoms in total. The van der Waals surface area contributed by atoms with Crippen LogP contribution >= 0.6 is 0 Å². The Morgan fingerprint density at radius 1 is 1.03 bits per heavy atom. The number of nitrogens with two attached hydrogens (primary N) is 1. The van der Waals surface area contributed by atoms with Crippen molar-refractivity contribution >= 4 is 5.91 Å². The van der Waals surface area contributed by atoms with Crippen molar-refractivity contribution in [3.63, 3.8) is 0 Å². The number of rotatable bonds is 9. The minimum atomic E-state index is -0.503. The van der Waals surface area contributed by atoms with E-state index in [0.717, 1.165) is 25.9 Å². The lowest BCUT2D eigenvalue weighted by atomic mass is 10.0. The second kappa shape index (κ2) is 9.85. The Balaban J connectivity index is 1.51. The van der Waals surface area contributed by atoms with Gasteiger partial charge in [-0.1, -0.05) is 43.3 Å². The van der Waals surface area contributed by atoms with Gasteiger partial charge in [-0.3, -0.25) is 4.79 Å². The smallest absolute Gasteiger partial charge is 0.250 e. The number of primary amides is 1. The fourth-order valence-electron chi connectivity index (χ4n) is 3.18. The van der Waals surface area contributed by atoms with E-state index in [1.807, 2.05) is 12.1 Å². The number of hydrogen-bond donors (Lipinski definition) is 1. The monoisotopic (exact) mass is 389 g/mol. The maximum absolute atomic E-state index is 11.1. The van der Waals surface area contributed by atoms with Crippen LogP contribution in [0.4, 0.5) is 0 Å². The molecule has 0 aliphatic rings. The summed E-state index contributed by atoms with van der Waals surface area (Å²) < 4.78 is 5.72. The zero-order valence-corrected chi connectivity index (χ0v) is 17.0. The molecule has 3 rings (SSSR count). The number of pyridine rings is 1. The second-order valence-corrected chi connectivity index (χ2v) is 7.11. The van der Waals surface area contributed by atoms with Crippen LogP contribution in [-0.2, 0) is 19.4 Å². The Bertz CT molecular complexity index is 937. The molecule has 1 aromatic heterocycles. The number of carbonyl (C=O) groups excluding carboxylic acids is 1. The first-order valence-electron chi connectivity index (χ1n) is 9.83. The summed E-state index contributed by atoms with van der Waals surface area (Å²) in [6, 6.07) is 19.9. The van der Waals surface area contributed by atoms with Crippen molar-refractivity contribution < 1.29 is 9.53 Å². The zero-order valence-electron chi connectivity index (χ0n) is 17.0. The van der Waals surface area contributed by atoms with Crippen molar-refractivity contribution in [3.8, 4) is 11.6 Å². The average molecular weight is 389 g/mol. The summed E-state index contributed by atoms with van der Waals surface area (Å²) >= 11 is 0.